The summed E-state index contributed by atoms with van der Waals surface area (Å²) in [6, 6.07) is 7.19. The van der Waals surface area contributed by atoms with Crippen molar-refractivity contribution < 1.29 is 4.52 Å². The molecule has 0 atom stereocenters. The Morgan fingerprint density at radius 3 is 2.81 bits per heavy atom. The average Bonchev–Trinajstić information content (AvgIpc) is 2.60. The van der Waals surface area contributed by atoms with Crippen molar-refractivity contribution in [2.75, 3.05) is 5.73 Å². The fraction of sp³-hybridized carbons (Fsp3) is 0.273. The van der Waals surface area contributed by atoms with Gasteiger partial charge in [-0.15, -0.1) is 0 Å². The number of benzene rings is 1. The zero-order valence-corrected chi connectivity index (χ0v) is 9.18. The average molecular weight is 219 g/mol. The van der Waals surface area contributed by atoms with Crippen molar-refractivity contribution in [3.05, 3.63) is 34.8 Å². The molecule has 0 aliphatic heterocycles. The molecule has 1 aromatic carbocycles. The summed E-state index contributed by atoms with van der Waals surface area (Å²) in [5, 5.41) is 3.77. The predicted molar refractivity (Wildman–Crippen MR) is 61.0 cm³/mol. The molecule has 0 unspecified atom stereocenters. The molecule has 2 rings (SSSR count). The van der Waals surface area contributed by atoms with Gasteiger partial charge in [-0.05, 0) is 26.0 Å². The summed E-state index contributed by atoms with van der Waals surface area (Å²) in [7, 11) is 0. The van der Waals surface area contributed by atoms with Gasteiger partial charge in [-0.1, -0.05) is 17.3 Å². The maximum atomic E-state index is 11.4. The molecule has 2 aromatic rings. The van der Waals surface area contributed by atoms with E-state index in [0.29, 0.717) is 11.5 Å². The van der Waals surface area contributed by atoms with Gasteiger partial charge in [-0.3, -0.25) is 9.09 Å². The van der Waals surface area contributed by atoms with Crippen molar-refractivity contribution in [3.63, 3.8) is 0 Å². The van der Waals surface area contributed by atoms with Gasteiger partial charge in [-0.2, -0.15) is 0 Å². The quantitative estimate of drug-likeness (QED) is 0.779. The van der Waals surface area contributed by atoms with E-state index < -0.39 is 5.76 Å². The summed E-state index contributed by atoms with van der Waals surface area (Å²) < 4.78 is 6.16. The number of hydrogen-bond acceptors (Lipinski definition) is 4. The molecule has 0 bridgehead atoms. The topological polar surface area (TPSA) is 74.1 Å². The predicted octanol–water partition coefficient (Wildman–Crippen LogP) is 1.67. The lowest BCUT2D eigenvalue weighted by Gasteiger charge is -2.07. The summed E-state index contributed by atoms with van der Waals surface area (Å²) in [5.74, 6) is 0.0553. The number of anilines is 1. The number of hydrogen-bond donors (Lipinski definition) is 1. The van der Waals surface area contributed by atoms with Gasteiger partial charge >= 0.3 is 5.76 Å². The maximum absolute atomic E-state index is 11.4. The van der Waals surface area contributed by atoms with Crippen molar-refractivity contribution in [1.29, 1.82) is 0 Å². The maximum Gasteiger partial charge on any atom is 0.442 e. The number of nitrogens with zero attached hydrogens (tertiary/aromatic N) is 2. The Kier molecular flexibility index (Phi) is 2.52. The van der Waals surface area contributed by atoms with E-state index in [1.165, 1.54) is 4.57 Å². The van der Waals surface area contributed by atoms with Crippen LogP contribution in [0.3, 0.4) is 0 Å². The van der Waals surface area contributed by atoms with Crippen molar-refractivity contribution >= 4 is 5.69 Å². The molecule has 1 aromatic heterocycles. The van der Waals surface area contributed by atoms with Gasteiger partial charge in [0.2, 0.25) is 0 Å². The third-order valence-corrected chi connectivity index (χ3v) is 2.30. The molecule has 0 radical (unpaired) electrons. The Morgan fingerprint density at radius 2 is 2.19 bits per heavy atom. The monoisotopic (exact) mass is 219 g/mol. The zero-order chi connectivity index (χ0) is 11.7. The van der Waals surface area contributed by atoms with E-state index in [2.05, 4.69) is 9.68 Å². The molecular weight excluding hydrogens is 206 g/mol. The van der Waals surface area contributed by atoms with Crippen LogP contribution in [0, 0.1) is 0 Å². The van der Waals surface area contributed by atoms with Crippen LogP contribution in [-0.4, -0.2) is 9.72 Å². The SMILES string of the molecule is CC(C)n1c(-c2cccc(N)c2)noc1=O. The van der Waals surface area contributed by atoms with E-state index in [0.717, 1.165) is 5.56 Å². The van der Waals surface area contributed by atoms with Crippen LogP contribution in [0.5, 0.6) is 0 Å². The Morgan fingerprint density at radius 1 is 1.44 bits per heavy atom. The number of nitrogens with two attached hydrogens (primary N) is 1. The molecule has 0 spiro atoms. The van der Waals surface area contributed by atoms with Crippen LogP contribution < -0.4 is 11.5 Å². The van der Waals surface area contributed by atoms with Crippen LogP contribution in [0.25, 0.3) is 11.4 Å². The summed E-state index contributed by atoms with van der Waals surface area (Å²) in [4.78, 5) is 11.4. The van der Waals surface area contributed by atoms with E-state index in [1.54, 1.807) is 12.1 Å². The van der Waals surface area contributed by atoms with Crippen molar-refractivity contribution in [2.24, 2.45) is 0 Å². The minimum Gasteiger partial charge on any atom is -0.399 e. The Labute approximate surface area is 92.5 Å². The molecule has 84 valence electrons. The minimum atomic E-state index is -0.451. The lowest BCUT2D eigenvalue weighted by Crippen LogP contribution is -2.17. The fourth-order valence-electron chi connectivity index (χ4n) is 1.58. The van der Waals surface area contributed by atoms with Crippen molar-refractivity contribution in [3.8, 4) is 11.4 Å². The first-order chi connectivity index (χ1) is 7.59. The fourth-order valence-corrected chi connectivity index (χ4v) is 1.58. The third kappa shape index (κ3) is 1.71. The van der Waals surface area contributed by atoms with E-state index in [1.807, 2.05) is 26.0 Å². The van der Waals surface area contributed by atoms with E-state index >= 15 is 0 Å². The molecule has 16 heavy (non-hydrogen) atoms. The molecule has 2 N–H and O–H groups in total. The van der Waals surface area contributed by atoms with Crippen LogP contribution in [0.4, 0.5) is 5.69 Å². The molecule has 0 saturated carbocycles. The lowest BCUT2D eigenvalue weighted by atomic mass is 10.2. The number of rotatable bonds is 2. The van der Waals surface area contributed by atoms with Gasteiger partial charge < -0.3 is 5.73 Å². The first-order valence-electron chi connectivity index (χ1n) is 5.03. The summed E-state index contributed by atoms with van der Waals surface area (Å²) in [6.07, 6.45) is 0. The van der Waals surface area contributed by atoms with Gasteiger partial charge in [0.05, 0.1) is 0 Å². The highest BCUT2D eigenvalue weighted by Crippen LogP contribution is 2.20. The standard InChI is InChI=1S/C11H13N3O2/c1-7(2)14-10(13-16-11(14)15)8-4-3-5-9(12)6-8/h3-7H,12H2,1-2H3. The molecule has 1 heterocycles. The first-order valence-corrected chi connectivity index (χ1v) is 5.03. The largest absolute Gasteiger partial charge is 0.442 e. The van der Waals surface area contributed by atoms with Crippen molar-refractivity contribution in [1.82, 2.24) is 9.72 Å². The van der Waals surface area contributed by atoms with Gasteiger partial charge in [0.1, 0.15) is 0 Å². The lowest BCUT2D eigenvalue weighted by molar-refractivity contribution is 0.370. The van der Waals surface area contributed by atoms with Gasteiger partial charge in [0.15, 0.2) is 5.82 Å². The van der Waals surface area contributed by atoms with Crippen LogP contribution in [0.15, 0.2) is 33.6 Å². The van der Waals surface area contributed by atoms with Crippen molar-refractivity contribution in [2.45, 2.75) is 19.9 Å². The van der Waals surface area contributed by atoms with Gasteiger partial charge in [0.25, 0.3) is 0 Å². The highest BCUT2D eigenvalue weighted by atomic mass is 16.5. The molecule has 0 amide bonds. The van der Waals surface area contributed by atoms with Gasteiger partial charge in [0, 0.05) is 17.3 Å². The summed E-state index contributed by atoms with van der Waals surface area (Å²) in [6.45, 7) is 3.79. The first kappa shape index (κ1) is 10.5. The van der Waals surface area contributed by atoms with Crippen LogP contribution in [0.2, 0.25) is 0 Å². The molecule has 0 aliphatic rings. The Hall–Kier alpha value is -2.04. The summed E-state index contributed by atoms with van der Waals surface area (Å²) in [5.41, 5.74) is 7.09. The second-order valence-electron chi connectivity index (χ2n) is 3.86. The second-order valence-corrected chi connectivity index (χ2v) is 3.86. The smallest absolute Gasteiger partial charge is 0.399 e. The number of nitrogen functional groups attached to an aromatic ring is 1. The van der Waals surface area contributed by atoms with E-state index in [9.17, 15) is 4.79 Å². The Balaban J connectivity index is 2.61. The van der Waals surface area contributed by atoms with E-state index in [-0.39, 0.29) is 6.04 Å². The third-order valence-electron chi connectivity index (χ3n) is 2.30. The molecule has 5 nitrogen and oxygen atoms in total. The van der Waals surface area contributed by atoms with E-state index in [4.69, 9.17) is 5.73 Å². The number of aromatic nitrogens is 2. The molecule has 0 saturated heterocycles. The van der Waals surface area contributed by atoms with Crippen LogP contribution in [0.1, 0.15) is 19.9 Å². The van der Waals surface area contributed by atoms with Crippen LogP contribution in [-0.2, 0) is 0 Å². The van der Waals surface area contributed by atoms with Crippen LogP contribution >= 0.6 is 0 Å². The molecular formula is C11H13N3O2. The Bertz CT molecular complexity index is 554. The minimum absolute atomic E-state index is 0.00446. The molecule has 5 heteroatoms. The highest BCUT2D eigenvalue weighted by molar-refractivity contribution is 5.60. The zero-order valence-electron chi connectivity index (χ0n) is 9.18. The second kappa shape index (κ2) is 3.84. The molecule has 0 aliphatic carbocycles. The molecule has 0 fully saturated rings. The normalized spacial score (nSPS) is 10.9. The van der Waals surface area contributed by atoms with Gasteiger partial charge in [-0.25, -0.2) is 4.79 Å². The summed E-state index contributed by atoms with van der Waals surface area (Å²) >= 11 is 0. The highest BCUT2D eigenvalue weighted by Gasteiger charge is 2.14.